The van der Waals surface area contributed by atoms with Crippen LogP contribution in [0.1, 0.15) is 95.2 Å². The van der Waals surface area contributed by atoms with Gasteiger partial charge in [0.1, 0.15) is 0 Å². The Morgan fingerprint density at radius 1 is 1.08 bits per heavy atom. The standard InChI is InChI=1S/C24H33NO/c1-7-9-18-15-21-22(24(5,6)12-11-23(21,3)4)16-20(18)17(8-2)14-19-10-13-25-26-19/h10,13-16H,7-9,11-12H2,1-6H3. The maximum absolute atomic E-state index is 5.35. The molecule has 1 aromatic heterocycles. The van der Waals surface area contributed by atoms with Crippen molar-refractivity contribution in [3.63, 3.8) is 0 Å². The SMILES string of the molecule is CCCc1cc2c(cc1C(=Cc1ccno1)CC)C(C)(C)CCC2(C)C. The average molecular weight is 352 g/mol. The van der Waals surface area contributed by atoms with E-state index in [1.165, 1.54) is 35.1 Å². The highest BCUT2D eigenvalue weighted by molar-refractivity contribution is 5.82. The Bertz CT molecular complexity index is 794. The van der Waals surface area contributed by atoms with Crippen molar-refractivity contribution in [3.05, 3.63) is 52.4 Å². The van der Waals surface area contributed by atoms with Crippen LogP contribution in [-0.2, 0) is 17.3 Å². The normalized spacial score (nSPS) is 18.6. The maximum atomic E-state index is 5.35. The molecule has 2 heteroatoms. The number of allylic oxidation sites excluding steroid dienone is 1. The maximum Gasteiger partial charge on any atom is 0.159 e. The van der Waals surface area contributed by atoms with Crippen LogP contribution < -0.4 is 0 Å². The molecule has 0 aliphatic heterocycles. The van der Waals surface area contributed by atoms with Crippen LogP contribution in [0.5, 0.6) is 0 Å². The molecular formula is C24H33NO. The van der Waals surface area contributed by atoms with E-state index in [2.05, 4.69) is 64.9 Å². The minimum atomic E-state index is 0.232. The molecular weight excluding hydrogens is 318 g/mol. The van der Waals surface area contributed by atoms with E-state index in [1.807, 2.05) is 6.07 Å². The summed E-state index contributed by atoms with van der Waals surface area (Å²) in [7, 11) is 0. The van der Waals surface area contributed by atoms with Gasteiger partial charge in [0.15, 0.2) is 5.76 Å². The minimum Gasteiger partial charge on any atom is -0.357 e. The molecule has 0 fully saturated rings. The molecule has 0 amide bonds. The van der Waals surface area contributed by atoms with E-state index < -0.39 is 0 Å². The highest BCUT2D eigenvalue weighted by Gasteiger charge is 2.37. The van der Waals surface area contributed by atoms with Crippen molar-refractivity contribution in [2.75, 3.05) is 0 Å². The molecule has 0 N–H and O–H groups in total. The van der Waals surface area contributed by atoms with Crippen LogP contribution in [-0.4, -0.2) is 5.16 Å². The zero-order chi connectivity index (χ0) is 18.9. The molecule has 1 aliphatic rings. The van der Waals surface area contributed by atoms with Crippen molar-refractivity contribution in [3.8, 4) is 0 Å². The van der Waals surface area contributed by atoms with Gasteiger partial charge in [0.25, 0.3) is 0 Å². The van der Waals surface area contributed by atoms with Crippen LogP contribution in [0.4, 0.5) is 0 Å². The van der Waals surface area contributed by atoms with Crippen molar-refractivity contribution < 1.29 is 4.52 Å². The predicted octanol–water partition coefficient (Wildman–Crippen LogP) is 6.93. The fourth-order valence-electron chi connectivity index (χ4n) is 4.28. The van der Waals surface area contributed by atoms with E-state index in [0.29, 0.717) is 0 Å². The quantitative estimate of drug-likeness (QED) is 0.584. The second-order valence-electron chi connectivity index (χ2n) is 9.01. The minimum absolute atomic E-state index is 0.232. The molecule has 26 heavy (non-hydrogen) atoms. The van der Waals surface area contributed by atoms with Gasteiger partial charge in [-0.25, -0.2) is 0 Å². The van der Waals surface area contributed by atoms with Gasteiger partial charge in [-0.2, -0.15) is 0 Å². The zero-order valence-corrected chi connectivity index (χ0v) is 17.3. The number of aryl methyl sites for hydroxylation is 1. The lowest BCUT2D eigenvalue weighted by Gasteiger charge is -2.42. The molecule has 0 radical (unpaired) electrons. The third-order valence-corrected chi connectivity index (χ3v) is 6.10. The van der Waals surface area contributed by atoms with Gasteiger partial charge in [-0.15, -0.1) is 0 Å². The second-order valence-corrected chi connectivity index (χ2v) is 9.01. The van der Waals surface area contributed by atoms with E-state index in [-0.39, 0.29) is 10.8 Å². The number of benzene rings is 1. The van der Waals surface area contributed by atoms with Gasteiger partial charge in [0, 0.05) is 6.07 Å². The summed E-state index contributed by atoms with van der Waals surface area (Å²) in [5, 5.41) is 3.85. The molecule has 1 aliphatic carbocycles. The summed E-state index contributed by atoms with van der Waals surface area (Å²) in [6, 6.07) is 6.94. The molecule has 1 heterocycles. The first-order chi connectivity index (χ1) is 12.3. The van der Waals surface area contributed by atoms with E-state index in [9.17, 15) is 0 Å². The summed E-state index contributed by atoms with van der Waals surface area (Å²) in [4.78, 5) is 0. The fraction of sp³-hybridized carbons (Fsp3) is 0.542. The van der Waals surface area contributed by atoms with Crippen LogP contribution in [0.3, 0.4) is 0 Å². The zero-order valence-electron chi connectivity index (χ0n) is 17.3. The van der Waals surface area contributed by atoms with E-state index in [4.69, 9.17) is 4.52 Å². The Kier molecular flexibility index (Phi) is 5.14. The lowest BCUT2D eigenvalue weighted by Crippen LogP contribution is -2.34. The van der Waals surface area contributed by atoms with Gasteiger partial charge >= 0.3 is 0 Å². The van der Waals surface area contributed by atoms with Crippen LogP contribution >= 0.6 is 0 Å². The molecule has 140 valence electrons. The average Bonchev–Trinajstić information content (AvgIpc) is 3.10. The second kappa shape index (κ2) is 7.06. The van der Waals surface area contributed by atoms with Crippen molar-refractivity contribution in [1.82, 2.24) is 5.16 Å². The lowest BCUT2D eigenvalue weighted by atomic mass is 9.62. The highest BCUT2D eigenvalue weighted by atomic mass is 16.5. The molecule has 0 unspecified atom stereocenters. The van der Waals surface area contributed by atoms with Gasteiger partial charge in [-0.05, 0) is 70.4 Å². The Labute approximate surface area is 158 Å². The van der Waals surface area contributed by atoms with Crippen molar-refractivity contribution >= 4 is 11.6 Å². The Hall–Kier alpha value is -1.83. The van der Waals surface area contributed by atoms with Gasteiger partial charge in [0.2, 0.25) is 0 Å². The largest absolute Gasteiger partial charge is 0.357 e. The van der Waals surface area contributed by atoms with Crippen LogP contribution in [0, 0.1) is 0 Å². The smallest absolute Gasteiger partial charge is 0.159 e. The van der Waals surface area contributed by atoms with E-state index in [1.54, 1.807) is 11.8 Å². The first-order valence-electron chi connectivity index (χ1n) is 10.1. The van der Waals surface area contributed by atoms with E-state index >= 15 is 0 Å². The lowest BCUT2D eigenvalue weighted by molar-refractivity contribution is 0.331. The molecule has 0 bridgehead atoms. The number of hydrogen-bond donors (Lipinski definition) is 0. The molecule has 1 aromatic carbocycles. The first-order valence-corrected chi connectivity index (χ1v) is 10.1. The first kappa shape index (κ1) is 18.9. The van der Waals surface area contributed by atoms with Crippen molar-refractivity contribution in [2.45, 2.75) is 84.5 Å². The van der Waals surface area contributed by atoms with Gasteiger partial charge in [-0.1, -0.05) is 65.3 Å². The highest BCUT2D eigenvalue weighted by Crippen LogP contribution is 2.47. The Balaban J connectivity index is 2.21. The predicted molar refractivity (Wildman–Crippen MR) is 110 cm³/mol. The monoisotopic (exact) mass is 351 g/mol. The third-order valence-electron chi connectivity index (χ3n) is 6.10. The molecule has 0 spiro atoms. The number of rotatable bonds is 5. The molecule has 0 saturated heterocycles. The van der Waals surface area contributed by atoms with Gasteiger partial charge in [0.05, 0.1) is 6.20 Å². The van der Waals surface area contributed by atoms with Crippen LogP contribution in [0.25, 0.3) is 11.6 Å². The van der Waals surface area contributed by atoms with Gasteiger partial charge < -0.3 is 4.52 Å². The molecule has 0 atom stereocenters. The Morgan fingerprint density at radius 3 is 2.27 bits per heavy atom. The molecule has 2 aromatic rings. The molecule has 0 saturated carbocycles. The van der Waals surface area contributed by atoms with Crippen molar-refractivity contribution in [1.29, 1.82) is 0 Å². The summed E-state index contributed by atoms with van der Waals surface area (Å²) in [6.07, 6.45) is 9.64. The molecule has 3 rings (SSSR count). The Morgan fingerprint density at radius 2 is 1.73 bits per heavy atom. The topological polar surface area (TPSA) is 26.0 Å². The number of fused-ring (bicyclic) bond motifs is 1. The number of hydrogen-bond acceptors (Lipinski definition) is 2. The van der Waals surface area contributed by atoms with E-state index in [0.717, 1.165) is 25.0 Å². The summed E-state index contributed by atoms with van der Waals surface area (Å²) in [5.41, 5.74) is 7.78. The molecule has 2 nitrogen and oxygen atoms in total. The summed E-state index contributed by atoms with van der Waals surface area (Å²) in [5.74, 6) is 0.835. The third kappa shape index (κ3) is 3.51. The van der Waals surface area contributed by atoms with Gasteiger partial charge in [-0.3, -0.25) is 0 Å². The summed E-state index contributed by atoms with van der Waals surface area (Å²) < 4.78 is 5.35. The van der Waals surface area contributed by atoms with Crippen LogP contribution in [0.15, 0.2) is 28.9 Å². The fourth-order valence-corrected chi connectivity index (χ4v) is 4.28. The number of nitrogens with zero attached hydrogens (tertiary/aromatic N) is 1. The summed E-state index contributed by atoms with van der Waals surface area (Å²) in [6.45, 7) is 14.1. The van der Waals surface area contributed by atoms with Crippen LogP contribution in [0.2, 0.25) is 0 Å². The number of aromatic nitrogens is 1. The summed E-state index contributed by atoms with van der Waals surface area (Å²) >= 11 is 0. The van der Waals surface area contributed by atoms with Crippen molar-refractivity contribution in [2.24, 2.45) is 0 Å².